The van der Waals surface area contributed by atoms with E-state index in [2.05, 4.69) is 0 Å². The van der Waals surface area contributed by atoms with Gasteiger partial charge in [-0.25, -0.2) is 0 Å². The van der Waals surface area contributed by atoms with Crippen molar-refractivity contribution in [2.45, 2.75) is 32.1 Å². The van der Waals surface area contributed by atoms with Crippen molar-refractivity contribution in [3.05, 3.63) is 0 Å². The highest BCUT2D eigenvalue weighted by atomic mass is 16.4. The average molecular weight is 183 g/mol. The minimum atomic E-state index is -0.688. The molecule has 2 aliphatic carbocycles. The van der Waals surface area contributed by atoms with Crippen LogP contribution in [0.1, 0.15) is 32.1 Å². The first-order valence-corrected chi connectivity index (χ1v) is 5.07. The molecule has 74 valence electrons. The molecule has 3 atom stereocenters. The van der Waals surface area contributed by atoms with E-state index >= 15 is 0 Å². The Hall–Kier alpha value is -0.570. The van der Waals surface area contributed by atoms with Crippen molar-refractivity contribution >= 4 is 5.97 Å². The zero-order chi connectivity index (χ0) is 9.47. The number of nitrogens with two attached hydrogens (primary N) is 1. The third-order valence-corrected chi connectivity index (χ3v) is 3.92. The minimum Gasteiger partial charge on any atom is -0.481 e. The Morgan fingerprint density at radius 1 is 1.38 bits per heavy atom. The van der Waals surface area contributed by atoms with E-state index in [0.717, 1.165) is 24.7 Å². The van der Waals surface area contributed by atoms with Crippen LogP contribution in [0.5, 0.6) is 0 Å². The molecule has 2 aliphatic rings. The van der Waals surface area contributed by atoms with Gasteiger partial charge in [-0.3, -0.25) is 4.79 Å². The molecule has 2 rings (SSSR count). The summed E-state index contributed by atoms with van der Waals surface area (Å²) in [6.07, 6.45) is 4.98. The van der Waals surface area contributed by atoms with Gasteiger partial charge in [0, 0.05) is 0 Å². The molecule has 0 aromatic carbocycles. The third kappa shape index (κ3) is 1.46. The predicted molar refractivity (Wildman–Crippen MR) is 49.2 cm³/mol. The number of carbonyl (C=O) groups is 1. The van der Waals surface area contributed by atoms with Crippen LogP contribution in [0.25, 0.3) is 0 Å². The maximum Gasteiger partial charge on any atom is 0.303 e. The molecule has 0 amide bonds. The molecule has 3 nitrogen and oxygen atoms in total. The summed E-state index contributed by atoms with van der Waals surface area (Å²) in [5, 5.41) is 8.81. The third-order valence-electron chi connectivity index (χ3n) is 3.92. The fourth-order valence-electron chi connectivity index (χ4n) is 3.08. The van der Waals surface area contributed by atoms with E-state index in [1.54, 1.807) is 0 Å². The van der Waals surface area contributed by atoms with Gasteiger partial charge in [0.15, 0.2) is 0 Å². The first-order valence-electron chi connectivity index (χ1n) is 5.07. The molecule has 0 aromatic heterocycles. The van der Waals surface area contributed by atoms with Crippen LogP contribution in [0.15, 0.2) is 0 Å². The highest BCUT2D eigenvalue weighted by Gasteiger charge is 2.49. The van der Waals surface area contributed by atoms with E-state index in [1.165, 1.54) is 12.8 Å². The van der Waals surface area contributed by atoms with E-state index in [9.17, 15) is 4.79 Å². The molecular formula is C10H17NO2. The van der Waals surface area contributed by atoms with Gasteiger partial charge in [0.1, 0.15) is 0 Å². The summed E-state index contributed by atoms with van der Waals surface area (Å²) in [4.78, 5) is 10.7. The van der Waals surface area contributed by atoms with Crippen LogP contribution in [-0.4, -0.2) is 17.6 Å². The Balaban J connectivity index is 2.03. The molecule has 3 heteroatoms. The van der Waals surface area contributed by atoms with Crippen molar-refractivity contribution in [1.29, 1.82) is 0 Å². The van der Waals surface area contributed by atoms with Crippen LogP contribution in [-0.2, 0) is 4.79 Å². The Labute approximate surface area is 78.3 Å². The number of hydrogen-bond donors (Lipinski definition) is 2. The maximum atomic E-state index is 10.7. The second kappa shape index (κ2) is 2.98. The van der Waals surface area contributed by atoms with Gasteiger partial charge in [-0.05, 0) is 49.5 Å². The van der Waals surface area contributed by atoms with Gasteiger partial charge in [0.05, 0.1) is 6.42 Å². The topological polar surface area (TPSA) is 63.3 Å². The van der Waals surface area contributed by atoms with Gasteiger partial charge in [-0.2, -0.15) is 0 Å². The number of rotatable bonds is 3. The van der Waals surface area contributed by atoms with E-state index in [4.69, 9.17) is 10.8 Å². The Bertz CT molecular complexity index is 215. The Morgan fingerprint density at radius 2 is 1.92 bits per heavy atom. The minimum absolute atomic E-state index is 0.0579. The molecule has 0 aliphatic heterocycles. The monoisotopic (exact) mass is 183 g/mol. The van der Waals surface area contributed by atoms with Gasteiger partial charge >= 0.3 is 5.97 Å². The number of fused-ring (bicyclic) bond motifs is 1. The number of carboxylic acids is 1. The van der Waals surface area contributed by atoms with Crippen molar-refractivity contribution in [1.82, 2.24) is 0 Å². The standard InChI is InChI=1S/C10H17NO2/c11-6-10(5-9(12)13)3-7-1-2-8(7)4-10/h7-8H,1-6,11H2,(H,12,13)/t7-,8?,10+/m0/s1. The molecule has 0 bridgehead atoms. The fraction of sp³-hybridized carbons (Fsp3) is 0.900. The van der Waals surface area contributed by atoms with Crippen molar-refractivity contribution in [3.63, 3.8) is 0 Å². The van der Waals surface area contributed by atoms with Crippen LogP contribution >= 0.6 is 0 Å². The zero-order valence-corrected chi connectivity index (χ0v) is 7.83. The lowest BCUT2D eigenvalue weighted by Gasteiger charge is -2.29. The van der Waals surface area contributed by atoms with Gasteiger partial charge in [-0.15, -0.1) is 0 Å². The second-order valence-corrected chi connectivity index (χ2v) is 4.78. The normalized spacial score (nSPS) is 42.5. The number of carboxylic acid groups (broad SMARTS) is 1. The van der Waals surface area contributed by atoms with Gasteiger partial charge < -0.3 is 10.8 Å². The van der Waals surface area contributed by atoms with E-state index in [-0.39, 0.29) is 11.8 Å². The molecule has 0 spiro atoms. The maximum absolute atomic E-state index is 10.7. The first kappa shape index (κ1) is 9.00. The van der Waals surface area contributed by atoms with Gasteiger partial charge in [0.2, 0.25) is 0 Å². The van der Waals surface area contributed by atoms with E-state index < -0.39 is 5.97 Å². The van der Waals surface area contributed by atoms with Crippen molar-refractivity contribution in [3.8, 4) is 0 Å². The van der Waals surface area contributed by atoms with E-state index in [1.807, 2.05) is 0 Å². The summed E-state index contributed by atoms with van der Waals surface area (Å²) >= 11 is 0. The van der Waals surface area contributed by atoms with E-state index in [0.29, 0.717) is 6.54 Å². The molecule has 2 fully saturated rings. The molecular weight excluding hydrogens is 166 g/mol. The van der Waals surface area contributed by atoms with Crippen LogP contribution < -0.4 is 5.73 Å². The molecule has 0 saturated heterocycles. The number of hydrogen-bond acceptors (Lipinski definition) is 2. The predicted octanol–water partition coefficient (Wildman–Crippen LogP) is 1.23. The molecule has 0 heterocycles. The summed E-state index contributed by atoms with van der Waals surface area (Å²) in [5.74, 6) is 0.901. The summed E-state index contributed by atoms with van der Waals surface area (Å²) in [5.41, 5.74) is 5.65. The summed E-state index contributed by atoms with van der Waals surface area (Å²) in [6.45, 7) is 0.548. The van der Waals surface area contributed by atoms with Crippen LogP contribution in [0.2, 0.25) is 0 Å². The number of aliphatic carboxylic acids is 1. The van der Waals surface area contributed by atoms with Gasteiger partial charge in [-0.1, -0.05) is 0 Å². The quantitative estimate of drug-likeness (QED) is 0.691. The molecule has 3 N–H and O–H groups in total. The second-order valence-electron chi connectivity index (χ2n) is 4.78. The highest BCUT2D eigenvalue weighted by molar-refractivity contribution is 5.67. The highest BCUT2D eigenvalue weighted by Crippen LogP contribution is 2.56. The summed E-state index contributed by atoms with van der Waals surface area (Å²) in [6, 6.07) is 0. The molecule has 0 radical (unpaired) electrons. The smallest absolute Gasteiger partial charge is 0.303 e. The lowest BCUT2D eigenvalue weighted by molar-refractivity contribution is -0.139. The molecule has 2 saturated carbocycles. The SMILES string of the molecule is NC[C@@]1(CC(=O)O)CC2CC[C@H]2C1. The summed E-state index contributed by atoms with van der Waals surface area (Å²) < 4.78 is 0. The lowest BCUT2D eigenvalue weighted by atomic mass is 9.77. The van der Waals surface area contributed by atoms with Crippen LogP contribution in [0.4, 0.5) is 0 Å². The fourth-order valence-corrected chi connectivity index (χ4v) is 3.08. The van der Waals surface area contributed by atoms with Crippen molar-refractivity contribution in [2.24, 2.45) is 23.0 Å². The van der Waals surface area contributed by atoms with Crippen LogP contribution in [0, 0.1) is 17.3 Å². The molecule has 0 aromatic rings. The summed E-state index contributed by atoms with van der Waals surface area (Å²) in [7, 11) is 0. The molecule has 13 heavy (non-hydrogen) atoms. The Morgan fingerprint density at radius 3 is 2.23 bits per heavy atom. The lowest BCUT2D eigenvalue weighted by Crippen LogP contribution is -2.30. The van der Waals surface area contributed by atoms with Crippen molar-refractivity contribution in [2.75, 3.05) is 6.54 Å². The molecule has 1 unspecified atom stereocenters. The van der Waals surface area contributed by atoms with Crippen molar-refractivity contribution < 1.29 is 9.90 Å². The van der Waals surface area contributed by atoms with Crippen LogP contribution in [0.3, 0.4) is 0 Å². The van der Waals surface area contributed by atoms with Gasteiger partial charge in [0.25, 0.3) is 0 Å². The largest absolute Gasteiger partial charge is 0.481 e. The average Bonchev–Trinajstić information content (AvgIpc) is 2.28. The Kier molecular flexibility index (Phi) is 2.06. The first-order chi connectivity index (χ1) is 6.15. The zero-order valence-electron chi connectivity index (χ0n) is 7.83.